The molecule has 5 aromatic rings. The summed E-state index contributed by atoms with van der Waals surface area (Å²) in [6.45, 7) is 12.9. The molecule has 1 saturated heterocycles. The molecule has 1 aliphatic carbocycles. The van der Waals surface area contributed by atoms with Crippen LogP contribution in [0.5, 0.6) is 0 Å². The van der Waals surface area contributed by atoms with Crippen molar-refractivity contribution in [3.8, 4) is 45.0 Å². The first-order valence-corrected chi connectivity index (χ1v) is 14.7. The van der Waals surface area contributed by atoms with Gasteiger partial charge in [0.05, 0.1) is 22.6 Å². The zero-order chi connectivity index (χ0) is 29.3. The Morgan fingerprint density at radius 2 is 1.10 bits per heavy atom. The standard InChI is InChI=1S/C37H35BN2O2/c1-35(2)30-15-11-10-14-28(30)29-21-18-26(22-31(29)35)33-23-32(24-12-8-7-9-13-24)39-34(40-33)25-16-19-27(20-17-25)38-41-36(3,4)37(5,6)42-38/h7-23H,1-6H3. The van der Waals surface area contributed by atoms with E-state index in [1.807, 2.05) is 18.2 Å². The van der Waals surface area contributed by atoms with E-state index >= 15 is 0 Å². The van der Waals surface area contributed by atoms with Gasteiger partial charge in [0, 0.05) is 22.1 Å². The molecule has 0 radical (unpaired) electrons. The van der Waals surface area contributed by atoms with Crippen LogP contribution in [0.25, 0.3) is 45.0 Å². The highest BCUT2D eigenvalue weighted by molar-refractivity contribution is 6.62. The van der Waals surface area contributed by atoms with Crippen molar-refractivity contribution in [1.29, 1.82) is 0 Å². The quantitative estimate of drug-likeness (QED) is 0.212. The van der Waals surface area contributed by atoms with Gasteiger partial charge in [0.1, 0.15) is 0 Å². The molecular formula is C37H35BN2O2. The van der Waals surface area contributed by atoms with Crippen molar-refractivity contribution in [1.82, 2.24) is 9.97 Å². The summed E-state index contributed by atoms with van der Waals surface area (Å²) in [6.07, 6.45) is 0. The predicted octanol–water partition coefficient (Wildman–Crippen LogP) is 8.08. The first-order chi connectivity index (χ1) is 20.0. The molecule has 2 heterocycles. The molecule has 2 aliphatic rings. The summed E-state index contributed by atoms with van der Waals surface area (Å²) in [5.74, 6) is 0.690. The van der Waals surface area contributed by atoms with Gasteiger partial charge in [0.15, 0.2) is 5.82 Å². The third-order valence-corrected chi connectivity index (χ3v) is 9.37. The Labute approximate surface area is 248 Å². The zero-order valence-corrected chi connectivity index (χ0v) is 25.1. The van der Waals surface area contributed by atoms with E-state index in [2.05, 4.69) is 126 Å². The minimum atomic E-state index is -0.407. The van der Waals surface area contributed by atoms with Gasteiger partial charge in [-0.15, -0.1) is 0 Å². The first kappa shape index (κ1) is 26.8. The van der Waals surface area contributed by atoms with Crippen LogP contribution < -0.4 is 5.46 Å². The molecule has 0 bridgehead atoms. The van der Waals surface area contributed by atoms with Crippen molar-refractivity contribution in [2.24, 2.45) is 0 Å². The fraction of sp³-hybridized carbons (Fsp3) is 0.243. The second-order valence-corrected chi connectivity index (χ2v) is 13.0. The Morgan fingerprint density at radius 3 is 1.79 bits per heavy atom. The lowest BCUT2D eigenvalue weighted by atomic mass is 9.79. The highest BCUT2D eigenvalue weighted by Gasteiger charge is 2.51. The van der Waals surface area contributed by atoms with E-state index in [1.165, 1.54) is 22.3 Å². The molecule has 0 N–H and O–H groups in total. The third-order valence-electron chi connectivity index (χ3n) is 9.37. The lowest BCUT2D eigenvalue weighted by Crippen LogP contribution is -2.41. The maximum absolute atomic E-state index is 6.27. The van der Waals surface area contributed by atoms with Crippen LogP contribution in [0.3, 0.4) is 0 Å². The van der Waals surface area contributed by atoms with Crippen molar-refractivity contribution in [2.75, 3.05) is 0 Å². The predicted molar refractivity (Wildman–Crippen MR) is 172 cm³/mol. The highest BCUT2D eigenvalue weighted by atomic mass is 16.7. The van der Waals surface area contributed by atoms with Crippen molar-refractivity contribution in [3.63, 3.8) is 0 Å². The Kier molecular flexibility index (Phi) is 6.06. The van der Waals surface area contributed by atoms with Gasteiger partial charge in [-0.3, -0.25) is 0 Å². The molecule has 208 valence electrons. The normalized spacial score (nSPS) is 17.6. The number of aromatic nitrogens is 2. The summed E-state index contributed by atoms with van der Waals surface area (Å²) in [5, 5.41) is 0. The summed E-state index contributed by atoms with van der Waals surface area (Å²) < 4.78 is 12.5. The summed E-state index contributed by atoms with van der Waals surface area (Å²) in [7, 11) is -0.407. The van der Waals surface area contributed by atoms with Gasteiger partial charge in [-0.05, 0) is 67.5 Å². The van der Waals surface area contributed by atoms with Gasteiger partial charge >= 0.3 is 7.12 Å². The first-order valence-electron chi connectivity index (χ1n) is 14.7. The average Bonchev–Trinajstić information content (AvgIpc) is 3.37. The van der Waals surface area contributed by atoms with Crippen molar-refractivity contribution >= 4 is 12.6 Å². The topological polar surface area (TPSA) is 44.2 Å². The van der Waals surface area contributed by atoms with Crippen LogP contribution in [0.1, 0.15) is 52.7 Å². The van der Waals surface area contributed by atoms with Crippen LogP contribution in [0.15, 0.2) is 103 Å². The lowest BCUT2D eigenvalue weighted by molar-refractivity contribution is 0.00578. The molecule has 0 amide bonds. The van der Waals surface area contributed by atoms with Crippen LogP contribution in [0.2, 0.25) is 0 Å². The molecule has 0 spiro atoms. The van der Waals surface area contributed by atoms with Gasteiger partial charge in [-0.2, -0.15) is 0 Å². The Bertz CT molecular complexity index is 1790. The molecule has 7 rings (SSSR count). The zero-order valence-electron chi connectivity index (χ0n) is 25.1. The van der Waals surface area contributed by atoms with Crippen LogP contribution in [-0.4, -0.2) is 28.3 Å². The Morgan fingerprint density at radius 1 is 0.524 bits per heavy atom. The SMILES string of the molecule is CC1(C)c2ccccc2-c2ccc(-c3cc(-c4ccccc4)nc(-c4ccc(B5OC(C)(C)C(C)(C)O5)cc4)n3)cc21. The Hall–Kier alpha value is -4.06. The Balaban J connectivity index is 1.30. The van der Waals surface area contributed by atoms with E-state index in [-0.39, 0.29) is 16.6 Å². The number of rotatable bonds is 4. The maximum Gasteiger partial charge on any atom is 0.494 e. The molecule has 0 saturated carbocycles. The van der Waals surface area contributed by atoms with Crippen LogP contribution in [-0.2, 0) is 14.7 Å². The molecule has 5 heteroatoms. The highest BCUT2D eigenvalue weighted by Crippen LogP contribution is 2.49. The molecule has 1 aliphatic heterocycles. The number of hydrogen-bond acceptors (Lipinski definition) is 4. The summed E-state index contributed by atoms with van der Waals surface area (Å²) in [5.41, 5.74) is 10.3. The largest absolute Gasteiger partial charge is 0.494 e. The molecule has 42 heavy (non-hydrogen) atoms. The number of fused-ring (bicyclic) bond motifs is 3. The average molecular weight is 551 g/mol. The van der Waals surface area contributed by atoms with E-state index in [4.69, 9.17) is 19.3 Å². The van der Waals surface area contributed by atoms with Gasteiger partial charge < -0.3 is 9.31 Å². The molecule has 1 aromatic heterocycles. The van der Waals surface area contributed by atoms with Gasteiger partial charge in [-0.1, -0.05) is 105 Å². The fourth-order valence-electron chi connectivity index (χ4n) is 6.11. The van der Waals surface area contributed by atoms with Crippen molar-refractivity contribution in [2.45, 2.75) is 58.2 Å². The van der Waals surface area contributed by atoms with Crippen molar-refractivity contribution < 1.29 is 9.31 Å². The van der Waals surface area contributed by atoms with Crippen molar-refractivity contribution in [3.05, 3.63) is 114 Å². The summed E-state index contributed by atoms with van der Waals surface area (Å²) in [4.78, 5) is 10.2. The van der Waals surface area contributed by atoms with Crippen LogP contribution in [0.4, 0.5) is 0 Å². The van der Waals surface area contributed by atoms with E-state index < -0.39 is 7.12 Å². The smallest absolute Gasteiger partial charge is 0.399 e. The minimum absolute atomic E-state index is 0.0800. The van der Waals surface area contributed by atoms with Gasteiger partial charge in [0.2, 0.25) is 0 Å². The summed E-state index contributed by atoms with van der Waals surface area (Å²) >= 11 is 0. The number of hydrogen-bond donors (Lipinski definition) is 0. The molecule has 0 unspecified atom stereocenters. The maximum atomic E-state index is 6.27. The molecule has 4 aromatic carbocycles. The van der Waals surface area contributed by atoms with E-state index in [0.717, 1.165) is 33.5 Å². The second-order valence-electron chi connectivity index (χ2n) is 13.0. The van der Waals surface area contributed by atoms with Crippen LogP contribution >= 0.6 is 0 Å². The molecule has 4 nitrogen and oxygen atoms in total. The molecular weight excluding hydrogens is 515 g/mol. The monoisotopic (exact) mass is 550 g/mol. The van der Waals surface area contributed by atoms with Crippen LogP contribution in [0, 0.1) is 0 Å². The van der Waals surface area contributed by atoms with E-state index in [1.54, 1.807) is 0 Å². The van der Waals surface area contributed by atoms with Gasteiger partial charge in [0.25, 0.3) is 0 Å². The van der Waals surface area contributed by atoms with E-state index in [9.17, 15) is 0 Å². The van der Waals surface area contributed by atoms with Gasteiger partial charge in [-0.25, -0.2) is 9.97 Å². The number of benzene rings is 4. The second kappa shape index (κ2) is 9.48. The molecule has 0 atom stereocenters. The summed E-state index contributed by atoms with van der Waals surface area (Å²) in [6, 6.07) is 36.2. The fourth-order valence-corrected chi connectivity index (χ4v) is 6.11. The number of nitrogens with zero attached hydrogens (tertiary/aromatic N) is 2. The minimum Gasteiger partial charge on any atom is -0.399 e. The molecule has 1 fully saturated rings. The third kappa shape index (κ3) is 4.31. The van der Waals surface area contributed by atoms with E-state index in [0.29, 0.717) is 5.82 Å². The lowest BCUT2D eigenvalue weighted by Gasteiger charge is -2.32.